The van der Waals surface area contributed by atoms with Crippen LogP contribution in [0.2, 0.25) is 0 Å². The molecule has 1 amide bonds. The Labute approximate surface area is 205 Å². The molecule has 0 bridgehead atoms. The molecule has 1 atom stereocenters. The van der Waals surface area contributed by atoms with E-state index in [1.807, 2.05) is 19.1 Å². The predicted octanol–water partition coefficient (Wildman–Crippen LogP) is 4.10. The fourth-order valence-electron chi connectivity index (χ4n) is 4.73. The van der Waals surface area contributed by atoms with Crippen LogP contribution in [0.15, 0.2) is 45.6 Å². The van der Waals surface area contributed by atoms with Crippen LogP contribution in [-0.2, 0) is 0 Å². The summed E-state index contributed by atoms with van der Waals surface area (Å²) in [5.41, 5.74) is 1.08. The number of methoxy groups -OCH3 is 2. The highest BCUT2D eigenvalue weighted by Crippen LogP contribution is 2.44. The van der Waals surface area contributed by atoms with Crippen LogP contribution in [0.3, 0.4) is 0 Å². The molecule has 0 spiro atoms. The lowest BCUT2D eigenvalue weighted by Gasteiger charge is -2.29. The van der Waals surface area contributed by atoms with Crippen LogP contribution >= 0.6 is 0 Å². The molecule has 3 aromatic rings. The van der Waals surface area contributed by atoms with Gasteiger partial charge in [0.1, 0.15) is 11.3 Å². The van der Waals surface area contributed by atoms with Gasteiger partial charge < -0.3 is 28.4 Å². The maximum Gasteiger partial charge on any atom is 0.290 e. The summed E-state index contributed by atoms with van der Waals surface area (Å²) in [6.07, 6.45) is 0. The zero-order chi connectivity index (χ0) is 25.1. The molecule has 1 aliphatic rings. The van der Waals surface area contributed by atoms with Crippen molar-refractivity contribution < 1.29 is 23.4 Å². The fourth-order valence-corrected chi connectivity index (χ4v) is 4.73. The van der Waals surface area contributed by atoms with Crippen molar-refractivity contribution in [1.82, 2.24) is 9.80 Å². The zero-order valence-corrected chi connectivity index (χ0v) is 20.9. The lowest BCUT2D eigenvalue weighted by molar-refractivity contribution is 0.0706. The minimum absolute atomic E-state index is 0.0607. The van der Waals surface area contributed by atoms with Crippen LogP contribution in [0.25, 0.3) is 11.0 Å². The smallest absolute Gasteiger partial charge is 0.290 e. The van der Waals surface area contributed by atoms with E-state index < -0.39 is 6.04 Å². The van der Waals surface area contributed by atoms with Crippen molar-refractivity contribution in [2.45, 2.75) is 26.8 Å². The quantitative estimate of drug-likeness (QED) is 0.432. The molecule has 0 aliphatic carbocycles. The van der Waals surface area contributed by atoms with Gasteiger partial charge in [-0.25, -0.2) is 0 Å². The van der Waals surface area contributed by atoms with Gasteiger partial charge in [-0.05, 0) is 38.2 Å². The third kappa shape index (κ3) is 4.34. The molecule has 35 heavy (non-hydrogen) atoms. The van der Waals surface area contributed by atoms with Gasteiger partial charge in [-0.2, -0.15) is 0 Å². The lowest BCUT2D eigenvalue weighted by atomic mass is 9.97. The molecule has 8 heteroatoms. The van der Waals surface area contributed by atoms with Crippen LogP contribution in [0.4, 0.5) is 0 Å². The number of hydrogen-bond donors (Lipinski definition) is 0. The first-order chi connectivity index (χ1) is 17.0. The Morgan fingerprint density at radius 1 is 1.03 bits per heavy atom. The molecule has 1 aliphatic heterocycles. The normalized spacial score (nSPS) is 15.1. The Balaban J connectivity index is 1.92. The van der Waals surface area contributed by atoms with Crippen molar-refractivity contribution in [3.05, 3.63) is 63.5 Å². The number of hydrogen-bond acceptors (Lipinski definition) is 7. The molecule has 1 unspecified atom stereocenters. The van der Waals surface area contributed by atoms with E-state index in [2.05, 4.69) is 18.7 Å². The molecule has 1 aromatic heterocycles. The van der Waals surface area contributed by atoms with Crippen molar-refractivity contribution in [2.75, 3.05) is 47.0 Å². The summed E-state index contributed by atoms with van der Waals surface area (Å²) in [6, 6.07) is 9.91. The second kappa shape index (κ2) is 10.4. The van der Waals surface area contributed by atoms with Gasteiger partial charge in [0, 0.05) is 24.7 Å². The molecular weight excluding hydrogens is 448 g/mol. The maximum atomic E-state index is 13.8. The van der Waals surface area contributed by atoms with E-state index in [9.17, 15) is 9.59 Å². The summed E-state index contributed by atoms with van der Waals surface area (Å²) >= 11 is 0. The molecule has 2 heterocycles. The summed E-state index contributed by atoms with van der Waals surface area (Å²) in [5, 5.41) is 0.400. The zero-order valence-electron chi connectivity index (χ0n) is 20.9. The van der Waals surface area contributed by atoms with E-state index in [1.54, 1.807) is 43.4 Å². The van der Waals surface area contributed by atoms with Crippen LogP contribution < -0.4 is 19.6 Å². The van der Waals surface area contributed by atoms with Crippen molar-refractivity contribution in [2.24, 2.45) is 0 Å². The maximum absolute atomic E-state index is 13.8. The molecule has 0 radical (unpaired) electrons. The number of ether oxygens (including phenoxy) is 3. The standard InChI is InChI=1S/C27H32N2O6/c1-6-28(7-2)14-15-29-23(19-10-9-11-20(32-4)25(19)33-5)22-24(30)18-13-12-17(34-8-3)16-21(18)35-26(22)27(29)31/h9-13,16,23H,6-8,14-15H2,1-5H3. The first-order valence-electron chi connectivity index (χ1n) is 12.0. The van der Waals surface area contributed by atoms with Crippen molar-refractivity contribution in [3.63, 3.8) is 0 Å². The minimum atomic E-state index is -0.662. The van der Waals surface area contributed by atoms with Gasteiger partial charge in [-0.15, -0.1) is 0 Å². The number of amides is 1. The molecular formula is C27H32N2O6. The summed E-state index contributed by atoms with van der Waals surface area (Å²) in [6.45, 7) is 9.34. The molecule has 4 rings (SSSR count). The van der Waals surface area contributed by atoms with Crippen LogP contribution in [0, 0.1) is 0 Å². The number of likely N-dealkylation sites (N-methyl/N-ethyl adjacent to an activating group) is 1. The summed E-state index contributed by atoms with van der Waals surface area (Å²) < 4.78 is 22.9. The van der Waals surface area contributed by atoms with Gasteiger partial charge >= 0.3 is 0 Å². The second-order valence-corrected chi connectivity index (χ2v) is 8.28. The van der Waals surface area contributed by atoms with Crippen LogP contribution in [0.5, 0.6) is 17.2 Å². The fraction of sp³-hybridized carbons (Fsp3) is 0.407. The van der Waals surface area contributed by atoms with E-state index in [1.165, 1.54) is 0 Å². The molecule has 2 aromatic carbocycles. The Morgan fingerprint density at radius 2 is 1.80 bits per heavy atom. The lowest BCUT2D eigenvalue weighted by Crippen LogP contribution is -2.38. The number of carbonyl (C=O) groups excluding carboxylic acids is 1. The number of carbonyl (C=O) groups is 1. The van der Waals surface area contributed by atoms with E-state index in [4.69, 9.17) is 18.6 Å². The number of rotatable bonds is 10. The Morgan fingerprint density at radius 3 is 2.46 bits per heavy atom. The highest BCUT2D eigenvalue weighted by Gasteiger charge is 2.44. The van der Waals surface area contributed by atoms with Gasteiger partial charge in [0.05, 0.1) is 37.8 Å². The number of benzene rings is 2. The molecule has 186 valence electrons. The Bertz CT molecular complexity index is 1280. The first-order valence-corrected chi connectivity index (χ1v) is 12.0. The highest BCUT2D eigenvalue weighted by atomic mass is 16.5. The molecule has 8 nitrogen and oxygen atoms in total. The largest absolute Gasteiger partial charge is 0.494 e. The van der Waals surface area contributed by atoms with Crippen molar-refractivity contribution >= 4 is 16.9 Å². The first kappa shape index (κ1) is 24.6. The van der Waals surface area contributed by atoms with Crippen LogP contribution in [-0.4, -0.2) is 62.7 Å². The monoisotopic (exact) mass is 480 g/mol. The number of fused-ring (bicyclic) bond motifs is 2. The van der Waals surface area contributed by atoms with Crippen molar-refractivity contribution in [1.29, 1.82) is 0 Å². The summed E-state index contributed by atoms with van der Waals surface area (Å²) in [4.78, 5) is 31.4. The average Bonchev–Trinajstić information content (AvgIpc) is 3.15. The third-order valence-electron chi connectivity index (χ3n) is 6.53. The molecule has 0 N–H and O–H groups in total. The van der Waals surface area contributed by atoms with Crippen LogP contribution in [0.1, 0.15) is 48.5 Å². The Kier molecular flexibility index (Phi) is 7.31. The van der Waals surface area contributed by atoms with Gasteiger partial charge in [0.25, 0.3) is 5.91 Å². The third-order valence-corrected chi connectivity index (χ3v) is 6.53. The summed E-state index contributed by atoms with van der Waals surface area (Å²) in [5.74, 6) is 1.34. The molecule has 0 saturated heterocycles. The minimum Gasteiger partial charge on any atom is -0.494 e. The Hall–Kier alpha value is -3.52. The number of para-hydroxylation sites is 1. The van der Waals surface area contributed by atoms with Gasteiger partial charge in [-0.1, -0.05) is 26.0 Å². The van der Waals surface area contributed by atoms with E-state index >= 15 is 0 Å². The predicted molar refractivity (Wildman–Crippen MR) is 134 cm³/mol. The number of nitrogens with zero attached hydrogens (tertiary/aromatic N) is 2. The van der Waals surface area contributed by atoms with Gasteiger partial charge in [0.2, 0.25) is 5.76 Å². The SMILES string of the molecule is CCOc1ccc2c(=O)c3c(oc2c1)C(=O)N(CCN(CC)CC)C3c1cccc(OC)c1OC. The van der Waals surface area contributed by atoms with E-state index in [0.29, 0.717) is 59.0 Å². The topological polar surface area (TPSA) is 81.5 Å². The second-order valence-electron chi connectivity index (χ2n) is 8.28. The van der Waals surface area contributed by atoms with E-state index in [-0.39, 0.29) is 17.1 Å². The summed E-state index contributed by atoms with van der Waals surface area (Å²) in [7, 11) is 3.11. The van der Waals surface area contributed by atoms with E-state index in [0.717, 1.165) is 13.1 Å². The highest BCUT2D eigenvalue weighted by molar-refractivity contribution is 5.99. The van der Waals surface area contributed by atoms with Crippen molar-refractivity contribution in [3.8, 4) is 17.2 Å². The molecule has 0 fully saturated rings. The van der Waals surface area contributed by atoms with Gasteiger partial charge in [0.15, 0.2) is 16.9 Å². The average molecular weight is 481 g/mol. The molecule has 0 saturated carbocycles. The van der Waals surface area contributed by atoms with Gasteiger partial charge in [-0.3, -0.25) is 9.59 Å².